The predicted octanol–water partition coefficient (Wildman–Crippen LogP) is 5.68. The summed E-state index contributed by atoms with van der Waals surface area (Å²) in [7, 11) is 1.61. The number of thiazole rings is 1. The van der Waals surface area contributed by atoms with Crippen LogP contribution in [0.15, 0.2) is 66.9 Å². The van der Waals surface area contributed by atoms with Crippen LogP contribution in [0.4, 0.5) is 0 Å². The minimum atomic E-state index is -0.853. The number of carbonyl (C=O) groups is 1. The van der Waals surface area contributed by atoms with Crippen LogP contribution in [0.25, 0.3) is 21.9 Å². The van der Waals surface area contributed by atoms with Crippen LogP contribution >= 0.6 is 11.3 Å². The second kappa shape index (κ2) is 10.1. The van der Waals surface area contributed by atoms with Gasteiger partial charge in [-0.3, -0.25) is 9.78 Å². The van der Waals surface area contributed by atoms with E-state index < -0.39 is 5.97 Å². The summed E-state index contributed by atoms with van der Waals surface area (Å²) in [5.41, 5.74) is 3.34. The van der Waals surface area contributed by atoms with Gasteiger partial charge in [-0.05, 0) is 60.5 Å². The van der Waals surface area contributed by atoms with E-state index in [-0.39, 0.29) is 6.42 Å². The average molecular weight is 447 g/mol. The molecule has 2 aromatic heterocycles. The molecule has 6 nitrogen and oxygen atoms in total. The highest BCUT2D eigenvalue weighted by atomic mass is 32.1. The van der Waals surface area contributed by atoms with Crippen molar-refractivity contribution in [3.8, 4) is 11.5 Å². The first-order chi connectivity index (χ1) is 15.6. The number of ether oxygens (including phenoxy) is 2. The lowest BCUT2D eigenvalue weighted by Crippen LogP contribution is -2.00. The lowest BCUT2D eigenvalue weighted by atomic mass is 10.1. The fraction of sp³-hybridized carbons (Fsp3) is 0.160. The van der Waals surface area contributed by atoms with Crippen LogP contribution in [0.1, 0.15) is 29.1 Å². The van der Waals surface area contributed by atoms with Gasteiger partial charge in [-0.1, -0.05) is 18.2 Å². The molecule has 7 heteroatoms. The van der Waals surface area contributed by atoms with Gasteiger partial charge in [-0.2, -0.15) is 0 Å². The van der Waals surface area contributed by atoms with Crippen molar-refractivity contribution in [3.05, 3.63) is 83.1 Å². The number of carboxylic acids is 1. The summed E-state index contributed by atoms with van der Waals surface area (Å²) in [6.07, 6.45) is 4.03. The summed E-state index contributed by atoms with van der Waals surface area (Å²) >= 11 is 1.55. The van der Waals surface area contributed by atoms with Crippen LogP contribution < -0.4 is 9.47 Å². The third-order valence-corrected chi connectivity index (χ3v) is 5.94. The summed E-state index contributed by atoms with van der Waals surface area (Å²) in [5, 5.41) is 10.1. The SMILES string of the molecule is COc1ccc(OCc2ccccn2)c(C=C(CCC(=O)O)c2nc3ccccc3s2)c1. The first kappa shape index (κ1) is 21.5. The Bertz CT molecular complexity index is 1220. The molecule has 0 saturated heterocycles. The highest BCUT2D eigenvalue weighted by Gasteiger charge is 2.13. The van der Waals surface area contributed by atoms with Gasteiger partial charge in [-0.25, -0.2) is 4.98 Å². The lowest BCUT2D eigenvalue weighted by molar-refractivity contribution is -0.136. The monoisotopic (exact) mass is 446 g/mol. The largest absolute Gasteiger partial charge is 0.497 e. The van der Waals surface area contributed by atoms with Crippen LogP contribution in [-0.2, 0) is 11.4 Å². The van der Waals surface area contributed by atoms with Gasteiger partial charge in [0.15, 0.2) is 0 Å². The fourth-order valence-corrected chi connectivity index (χ4v) is 4.22. The van der Waals surface area contributed by atoms with E-state index in [1.165, 1.54) is 0 Å². The zero-order chi connectivity index (χ0) is 22.3. The normalized spacial score (nSPS) is 11.5. The molecule has 0 radical (unpaired) electrons. The van der Waals surface area contributed by atoms with Crippen LogP contribution in [0.3, 0.4) is 0 Å². The van der Waals surface area contributed by atoms with Gasteiger partial charge < -0.3 is 14.6 Å². The Morgan fingerprint density at radius 1 is 1.09 bits per heavy atom. The number of allylic oxidation sites excluding steroid dienone is 1. The molecule has 0 spiro atoms. The van der Waals surface area contributed by atoms with Crippen LogP contribution in [-0.4, -0.2) is 28.2 Å². The van der Waals surface area contributed by atoms with Crippen molar-refractivity contribution in [2.24, 2.45) is 0 Å². The van der Waals surface area contributed by atoms with E-state index in [1.807, 2.05) is 66.7 Å². The topological polar surface area (TPSA) is 81.5 Å². The van der Waals surface area contributed by atoms with Gasteiger partial charge in [0.1, 0.15) is 23.1 Å². The van der Waals surface area contributed by atoms with E-state index in [0.717, 1.165) is 32.1 Å². The quantitative estimate of drug-likeness (QED) is 0.356. The summed E-state index contributed by atoms with van der Waals surface area (Å²) in [4.78, 5) is 20.3. The smallest absolute Gasteiger partial charge is 0.303 e. The van der Waals surface area contributed by atoms with Gasteiger partial charge >= 0.3 is 5.97 Å². The van der Waals surface area contributed by atoms with Crippen molar-refractivity contribution in [2.75, 3.05) is 7.11 Å². The summed E-state index contributed by atoms with van der Waals surface area (Å²) in [6, 6.07) is 19.1. The molecule has 4 aromatic rings. The van der Waals surface area contributed by atoms with Crippen molar-refractivity contribution in [3.63, 3.8) is 0 Å². The van der Waals surface area contributed by atoms with Crippen molar-refractivity contribution >= 4 is 39.2 Å². The summed E-state index contributed by atoms with van der Waals surface area (Å²) < 4.78 is 12.5. The van der Waals surface area contributed by atoms with E-state index in [2.05, 4.69) is 4.98 Å². The Balaban J connectivity index is 1.72. The number of methoxy groups -OCH3 is 1. The highest BCUT2D eigenvalue weighted by Crippen LogP contribution is 2.34. The average Bonchev–Trinajstić information content (AvgIpc) is 3.25. The molecule has 0 aliphatic rings. The van der Waals surface area contributed by atoms with Crippen LogP contribution in [0.2, 0.25) is 0 Å². The molecule has 32 heavy (non-hydrogen) atoms. The van der Waals surface area contributed by atoms with E-state index >= 15 is 0 Å². The highest BCUT2D eigenvalue weighted by molar-refractivity contribution is 7.19. The molecule has 0 atom stereocenters. The minimum absolute atomic E-state index is 0.00977. The number of pyridine rings is 1. The number of benzene rings is 2. The Labute approximate surface area is 189 Å². The molecular formula is C25H22N2O4S. The van der Waals surface area contributed by atoms with Crippen molar-refractivity contribution in [1.82, 2.24) is 9.97 Å². The summed E-state index contributed by atoms with van der Waals surface area (Å²) in [6.45, 7) is 0.319. The van der Waals surface area contributed by atoms with Gasteiger partial charge in [0.2, 0.25) is 0 Å². The zero-order valence-corrected chi connectivity index (χ0v) is 18.3. The van der Waals surface area contributed by atoms with Gasteiger partial charge in [-0.15, -0.1) is 11.3 Å². The van der Waals surface area contributed by atoms with Gasteiger partial charge in [0.25, 0.3) is 0 Å². The van der Waals surface area contributed by atoms with E-state index in [9.17, 15) is 9.90 Å². The first-order valence-corrected chi connectivity index (χ1v) is 10.9. The standard InChI is InChI=1S/C25H22N2O4S/c1-30-20-10-11-22(31-16-19-6-4-5-13-26-19)18(15-20)14-17(9-12-24(28)29)25-27-21-7-2-3-8-23(21)32-25/h2-8,10-11,13-15H,9,12,16H2,1H3,(H,28,29). The van der Waals surface area contributed by atoms with E-state index in [1.54, 1.807) is 24.6 Å². The molecule has 4 rings (SSSR count). The number of nitrogens with zero attached hydrogens (tertiary/aromatic N) is 2. The number of carboxylic acid groups (broad SMARTS) is 1. The molecule has 0 fully saturated rings. The van der Waals surface area contributed by atoms with Crippen molar-refractivity contribution in [1.29, 1.82) is 0 Å². The predicted molar refractivity (Wildman–Crippen MR) is 126 cm³/mol. The number of para-hydroxylation sites is 1. The molecule has 162 valence electrons. The molecule has 0 saturated carbocycles. The summed E-state index contributed by atoms with van der Waals surface area (Å²) in [5.74, 6) is 0.489. The Morgan fingerprint density at radius 3 is 2.69 bits per heavy atom. The molecule has 0 bridgehead atoms. The van der Waals surface area contributed by atoms with E-state index in [0.29, 0.717) is 24.5 Å². The number of rotatable bonds is 9. The third-order valence-electron chi connectivity index (χ3n) is 4.83. The van der Waals surface area contributed by atoms with Gasteiger partial charge in [0.05, 0.1) is 23.0 Å². The van der Waals surface area contributed by atoms with E-state index in [4.69, 9.17) is 14.5 Å². The molecule has 0 aliphatic heterocycles. The molecule has 2 heterocycles. The third kappa shape index (κ3) is 5.31. The van der Waals surface area contributed by atoms with Crippen molar-refractivity contribution < 1.29 is 19.4 Å². The Hall–Kier alpha value is -3.71. The maximum Gasteiger partial charge on any atom is 0.303 e. The number of hydrogen-bond donors (Lipinski definition) is 1. The second-order valence-electron chi connectivity index (χ2n) is 7.06. The Kier molecular flexibility index (Phi) is 6.77. The molecule has 1 N–H and O–H groups in total. The fourth-order valence-electron chi connectivity index (χ4n) is 3.21. The first-order valence-electron chi connectivity index (χ1n) is 10.1. The molecule has 2 aromatic carbocycles. The number of aromatic nitrogens is 2. The lowest BCUT2D eigenvalue weighted by Gasteiger charge is -2.12. The molecular weight excluding hydrogens is 424 g/mol. The van der Waals surface area contributed by atoms with Crippen molar-refractivity contribution in [2.45, 2.75) is 19.4 Å². The number of hydrogen-bond acceptors (Lipinski definition) is 6. The second-order valence-corrected chi connectivity index (χ2v) is 8.09. The maximum absolute atomic E-state index is 11.3. The van der Waals surface area contributed by atoms with Gasteiger partial charge in [0, 0.05) is 18.2 Å². The Morgan fingerprint density at radius 2 is 1.94 bits per heavy atom. The molecule has 0 aliphatic carbocycles. The number of aliphatic carboxylic acids is 1. The molecule has 0 amide bonds. The van der Waals surface area contributed by atoms with Crippen LogP contribution in [0, 0.1) is 0 Å². The maximum atomic E-state index is 11.3. The minimum Gasteiger partial charge on any atom is -0.497 e. The zero-order valence-electron chi connectivity index (χ0n) is 17.5. The molecule has 0 unspecified atom stereocenters. The van der Waals surface area contributed by atoms with Crippen LogP contribution in [0.5, 0.6) is 11.5 Å². The number of fused-ring (bicyclic) bond motifs is 1.